The van der Waals surface area contributed by atoms with Gasteiger partial charge in [-0.1, -0.05) is 44.2 Å². The Kier molecular flexibility index (Phi) is 5.14. The van der Waals surface area contributed by atoms with Gasteiger partial charge in [0, 0.05) is 38.7 Å². The summed E-state index contributed by atoms with van der Waals surface area (Å²) < 4.78 is 5.64. The molecular formula is C20H31N3O. The van der Waals surface area contributed by atoms with Crippen LogP contribution in [0.1, 0.15) is 32.3 Å². The highest BCUT2D eigenvalue weighted by atomic mass is 16.5. The van der Waals surface area contributed by atoms with Gasteiger partial charge in [-0.15, -0.1) is 0 Å². The lowest BCUT2D eigenvalue weighted by Gasteiger charge is -2.30. The third-order valence-electron chi connectivity index (χ3n) is 5.39. The summed E-state index contributed by atoms with van der Waals surface area (Å²) in [6.45, 7) is 9.56. The average Bonchev–Trinajstić information content (AvgIpc) is 3.19. The van der Waals surface area contributed by atoms with Crippen LogP contribution in [0.5, 0.6) is 0 Å². The molecule has 4 nitrogen and oxygen atoms in total. The van der Waals surface area contributed by atoms with Crippen LogP contribution in [0, 0.1) is 10.8 Å². The van der Waals surface area contributed by atoms with Crippen LogP contribution in [0.3, 0.4) is 0 Å². The fraction of sp³-hybridized carbons (Fsp3) is 0.650. The minimum Gasteiger partial charge on any atom is -0.381 e. The van der Waals surface area contributed by atoms with Gasteiger partial charge in [0.2, 0.25) is 0 Å². The Labute approximate surface area is 146 Å². The summed E-state index contributed by atoms with van der Waals surface area (Å²) in [7, 11) is 1.89. The molecule has 4 heteroatoms. The van der Waals surface area contributed by atoms with Crippen molar-refractivity contribution in [2.45, 2.75) is 33.1 Å². The molecule has 2 heterocycles. The first-order valence-corrected chi connectivity index (χ1v) is 9.09. The number of rotatable bonds is 4. The summed E-state index contributed by atoms with van der Waals surface area (Å²) in [6.07, 6.45) is 3.48. The maximum Gasteiger partial charge on any atom is 0.193 e. The lowest BCUT2D eigenvalue weighted by molar-refractivity contribution is 0.156. The smallest absolute Gasteiger partial charge is 0.193 e. The van der Waals surface area contributed by atoms with Crippen molar-refractivity contribution in [3.05, 3.63) is 35.9 Å². The first kappa shape index (κ1) is 17.3. The molecule has 2 saturated heterocycles. The van der Waals surface area contributed by atoms with E-state index in [1.54, 1.807) is 0 Å². The summed E-state index contributed by atoms with van der Waals surface area (Å²) in [6, 6.07) is 10.7. The Balaban J connectivity index is 1.54. The zero-order valence-corrected chi connectivity index (χ0v) is 15.3. The molecule has 2 aliphatic rings. The monoisotopic (exact) mass is 329 g/mol. The van der Waals surface area contributed by atoms with Crippen LogP contribution < -0.4 is 5.32 Å². The van der Waals surface area contributed by atoms with Crippen molar-refractivity contribution >= 4 is 5.96 Å². The fourth-order valence-corrected chi connectivity index (χ4v) is 3.95. The maximum absolute atomic E-state index is 5.64. The van der Waals surface area contributed by atoms with Crippen LogP contribution in [-0.4, -0.2) is 50.8 Å². The van der Waals surface area contributed by atoms with Crippen LogP contribution in [0.25, 0.3) is 0 Å². The second kappa shape index (κ2) is 7.14. The average molecular weight is 329 g/mol. The van der Waals surface area contributed by atoms with Crippen LogP contribution in [0.2, 0.25) is 0 Å². The molecule has 0 amide bonds. The lowest BCUT2D eigenvalue weighted by Crippen LogP contribution is -2.45. The minimum atomic E-state index is 0.186. The molecule has 0 bridgehead atoms. The SMILES string of the molecule is CN=C(NCC(C)(C)Cc1ccccc1)N1CCC2(CCOC2)C1. The summed E-state index contributed by atoms with van der Waals surface area (Å²) in [5.41, 5.74) is 1.95. The van der Waals surface area contributed by atoms with E-state index in [1.165, 1.54) is 18.4 Å². The molecular weight excluding hydrogens is 298 g/mol. The molecule has 2 aliphatic heterocycles. The third-order valence-corrected chi connectivity index (χ3v) is 5.39. The molecule has 2 fully saturated rings. The maximum atomic E-state index is 5.64. The van der Waals surface area contributed by atoms with Gasteiger partial charge < -0.3 is 15.0 Å². The van der Waals surface area contributed by atoms with Crippen molar-refractivity contribution < 1.29 is 4.74 Å². The Morgan fingerprint density at radius 2 is 2.08 bits per heavy atom. The topological polar surface area (TPSA) is 36.9 Å². The van der Waals surface area contributed by atoms with Crippen molar-refractivity contribution in [2.75, 3.05) is 39.9 Å². The van der Waals surface area contributed by atoms with E-state index in [0.717, 1.165) is 45.2 Å². The Morgan fingerprint density at radius 1 is 1.29 bits per heavy atom. The Morgan fingerprint density at radius 3 is 2.75 bits per heavy atom. The van der Waals surface area contributed by atoms with E-state index in [9.17, 15) is 0 Å². The number of nitrogens with one attached hydrogen (secondary N) is 1. The van der Waals surface area contributed by atoms with E-state index >= 15 is 0 Å². The first-order chi connectivity index (χ1) is 11.5. The number of nitrogens with zero attached hydrogens (tertiary/aromatic N) is 2. The largest absolute Gasteiger partial charge is 0.381 e. The summed E-state index contributed by atoms with van der Waals surface area (Å²) >= 11 is 0. The zero-order valence-electron chi connectivity index (χ0n) is 15.3. The van der Waals surface area contributed by atoms with Gasteiger partial charge in [0.15, 0.2) is 5.96 Å². The second-order valence-electron chi connectivity index (χ2n) is 8.20. The quantitative estimate of drug-likeness (QED) is 0.682. The molecule has 1 N–H and O–H groups in total. The Bertz CT molecular complexity index is 562. The van der Waals surface area contributed by atoms with Crippen molar-refractivity contribution in [2.24, 2.45) is 15.8 Å². The van der Waals surface area contributed by atoms with Gasteiger partial charge in [0.1, 0.15) is 0 Å². The fourth-order valence-electron chi connectivity index (χ4n) is 3.95. The summed E-state index contributed by atoms with van der Waals surface area (Å²) in [4.78, 5) is 6.94. The molecule has 1 spiro atoms. The highest BCUT2D eigenvalue weighted by Gasteiger charge is 2.42. The normalized spacial score (nSPS) is 24.8. The Hall–Kier alpha value is -1.55. The van der Waals surface area contributed by atoms with Crippen molar-refractivity contribution in [1.82, 2.24) is 10.2 Å². The molecule has 1 aromatic rings. The standard InChI is InChI=1S/C20H31N3O/c1-19(2,13-17-7-5-4-6-8-17)14-22-18(21-3)23-11-9-20(15-23)10-12-24-16-20/h4-8H,9-16H2,1-3H3,(H,21,22). The van der Waals surface area contributed by atoms with Crippen LogP contribution in [-0.2, 0) is 11.2 Å². The van der Waals surface area contributed by atoms with Crippen LogP contribution in [0.4, 0.5) is 0 Å². The van der Waals surface area contributed by atoms with Gasteiger partial charge in [0.25, 0.3) is 0 Å². The number of hydrogen-bond donors (Lipinski definition) is 1. The van der Waals surface area contributed by atoms with Gasteiger partial charge in [-0.05, 0) is 30.2 Å². The molecule has 0 radical (unpaired) electrons. The molecule has 1 atom stereocenters. The third kappa shape index (κ3) is 4.10. The van der Waals surface area contributed by atoms with Crippen LogP contribution >= 0.6 is 0 Å². The van der Waals surface area contributed by atoms with Crippen molar-refractivity contribution in [3.63, 3.8) is 0 Å². The number of hydrogen-bond acceptors (Lipinski definition) is 2. The van der Waals surface area contributed by atoms with Gasteiger partial charge in [-0.25, -0.2) is 0 Å². The molecule has 1 unspecified atom stereocenters. The molecule has 1 aromatic carbocycles. The van der Waals surface area contributed by atoms with E-state index in [1.807, 2.05) is 7.05 Å². The van der Waals surface area contributed by atoms with Gasteiger partial charge in [-0.3, -0.25) is 4.99 Å². The van der Waals surface area contributed by atoms with E-state index in [-0.39, 0.29) is 5.41 Å². The molecule has 3 rings (SSSR count). The molecule has 0 aliphatic carbocycles. The number of ether oxygens (including phenoxy) is 1. The summed E-state index contributed by atoms with van der Waals surface area (Å²) in [5, 5.41) is 3.61. The molecule has 0 saturated carbocycles. The van der Waals surface area contributed by atoms with Crippen molar-refractivity contribution in [1.29, 1.82) is 0 Å². The molecule has 24 heavy (non-hydrogen) atoms. The highest BCUT2D eigenvalue weighted by molar-refractivity contribution is 5.80. The summed E-state index contributed by atoms with van der Waals surface area (Å²) in [5.74, 6) is 1.04. The number of guanidine groups is 1. The number of benzene rings is 1. The predicted molar refractivity (Wildman–Crippen MR) is 99.3 cm³/mol. The number of aliphatic imine (C=N–C) groups is 1. The second-order valence-corrected chi connectivity index (χ2v) is 8.20. The van der Waals surface area contributed by atoms with E-state index in [2.05, 4.69) is 59.4 Å². The molecule has 132 valence electrons. The lowest BCUT2D eigenvalue weighted by atomic mass is 9.86. The first-order valence-electron chi connectivity index (χ1n) is 9.09. The van der Waals surface area contributed by atoms with Crippen LogP contribution in [0.15, 0.2) is 35.3 Å². The highest BCUT2D eigenvalue weighted by Crippen LogP contribution is 2.38. The number of likely N-dealkylation sites (tertiary alicyclic amines) is 1. The molecule has 0 aromatic heterocycles. The van der Waals surface area contributed by atoms with Gasteiger partial charge in [-0.2, -0.15) is 0 Å². The van der Waals surface area contributed by atoms with Crippen molar-refractivity contribution in [3.8, 4) is 0 Å². The van der Waals surface area contributed by atoms with Gasteiger partial charge >= 0.3 is 0 Å². The predicted octanol–water partition coefficient (Wildman–Crippen LogP) is 2.94. The van der Waals surface area contributed by atoms with E-state index in [0.29, 0.717) is 5.41 Å². The van der Waals surface area contributed by atoms with E-state index in [4.69, 9.17) is 4.74 Å². The zero-order chi connectivity index (χ0) is 17.0. The van der Waals surface area contributed by atoms with Gasteiger partial charge in [0.05, 0.1) is 6.61 Å². The van der Waals surface area contributed by atoms with E-state index < -0.39 is 0 Å². The minimum absolute atomic E-state index is 0.186.